The SMILES string of the molecule is COC(=O)c1ccc2c(c1)oc(=O)n2CC(=O)N(C)C1CCCCC1. The van der Waals surface area contributed by atoms with E-state index in [0.717, 1.165) is 25.7 Å². The monoisotopic (exact) mass is 346 g/mol. The predicted octanol–water partition coefficient (Wildman–Crippen LogP) is 2.17. The third kappa shape index (κ3) is 3.45. The van der Waals surface area contributed by atoms with Gasteiger partial charge < -0.3 is 14.1 Å². The number of likely N-dealkylation sites (N-methyl/N-ethyl adjacent to an activating group) is 1. The molecule has 0 radical (unpaired) electrons. The fourth-order valence-corrected chi connectivity index (χ4v) is 3.38. The highest BCUT2D eigenvalue weighted by molar-refractivity contribution is 5.93. The zero-order valence-corrected chi connectivity index (χ0v) is 14.5. The van der Waals surface area contributed by atoms with Crippen LogP contribution in [0.25, 0.3) is 11.1 Å². The molecule has 0 bridgehead atoms. The summed E-state index contributed by atoms with van der Waals surface area (Å²) in [5, 5.41) is 0. The molecule has 7 heteroatoms. The lowest BCUT2D eigenvalue weighted by Crippen LogP contribution is -2.41. The Kier molecular flexibility index (Phi) is 4.92. The molecule has 134 valence electrons. The first-order chi connectivity index (χ1) is 12.0. The molecule has 0 N–H and O–H groups in total. The molecule has 1 amide bonds. The summed E-state index contributed by atoms with van der Waals surface area (Å²) in [6, 6.07) is 4.84. The van der Waals surface area contributed by atoms with E-state index in [4.69, 9.17) is 4.42 Å². The summed E-state index contributed by atoms with van der Waals surface area (Å²) in [6.07, 6.45) is 5.49. The number of amides is 1. The van der Waals surface area contributed by atoms with Crippen LogP contribution in [0.1, 0.15) is 42.5 Å². The van der Waals surface area contributed by atoms with Crippen LogP contribution >= 0.6 is 0 Å². The zero-order chi connectivity index (χ0) is 18.0. The van der Waals surface area contributed by atoms with Gasteiger partial charge in [-0.1, -0.05) is 19.3 Å². The van der Waals surface area contributed by atoms with Crippen LogP contribution in [0.15, 0.2) is 27.4 Å². The number of nitrogens with zero attached hydrogens (tertiary/aromatic N) is 2. The molecule has 0 saturated heterocycles. The van der Waals surface area contributed by atoms with E-state index in [1.807, 2.05) is 0 Å². The van der Waals surface area contributed by atoms with Gasteiger partial charge in [0.05, 0.1) is 18.2 Å². The number of carbonyl (C=O) groups is 2. The maximum Gasteiger partial charge on any atom is 0.420 e. The Morgan fingerprint density at radius 1 is 1.28 bits per heavy atom. The number of carbonyl (C=O) groups excluding carboxylic acids is 2. The molecule has 1 aliphatic rings. The standard InChI is InChI=1S/C18H22N2O5/c1-19(13-6-4-3-5-7-13)16(21)11-20-14-9-8-12(17(22)24-2)10-15(14)25-18(20)23/h8-10,13H,3-7,11H2,1-2H3. The number of fused-ring (bicyclic) bond motifs is 1. The van der Waals surface area contributed by atoms with Crippen LogP contribution < -0.4 is 5.76 Å². The summed E-state index contributed by atoms with van der Waals surface area (Å²) < 4.78 is 11.2. The zero-order valence-electron chi connectivity index (χ0n) is 14.5. The quantitative estimate of drug-likeness (QED) is 0.793. The molecule has 1 aromatic heterocycles. The Morgan fingerprint density at radius 3 is 2.68 bits per heavy atom. The highest BCUT2D eigenvalue weighted by atomic mass is 16.5. The van der Waals surface area contributed by atoms with Crippen molar-refractivity contribution in [3.63, 3.8) is 0 Å². The molecule has 25 heavy (non-hydrogen) atoms. The molecule has 1 saturated carbocycles. The second-order valence-electron chi connectivity index (χ2n) is 6.42. The van der Waals surface area contributed by atoms with E-state index in [1.54, 1.807) is 24.1 Å². The first-order valence-corrected chi connectivity index (χ1v) is 8.48. The van der Waals surface area contributed by atoms with Crippen molar-refractivity contribution in [2.75, 3.05) is 14.2 Å². The van der Waals surface area contributed by atoms with Crippen LogP contribution in [-0.4, -0.2) is 41.5 Å². The number of methoxy groups -OCH3 is 1. The molecular weight excluding hydrogens is 324 g/mol. The topological polar surface area (TPSA) is 81.7 Å². The van der Waals surface area contributed by atoms with Gasteiger partial charge in [0.1, 0.15) is 6.54 Å². The summed E-state index contributed by atoms with van der Waals surface area (Å²) in [4.78, 5) is 38.0. The molecular formula is C18H22N2O5. The van der Waals surface area contributed by atoms with Gasteiger partial charge in [-0.3, -0.25) is 9.36 Å². The molecule has 0 aliphatic heterocycles. The number of rotatable bonds is 4. The van der Waals surface area contributed by atoms with Gasteiger partial charge in [-0.25, -0.2) is 9.59 Å². The number of oxazole rings is 1. The Labute approximate surface area is 145 Å². The Morgan fingerprint density at radius 2 is 2.00 bits per heavy atom. The van der Waals surface area contributed by atoms with E-state index in [1.165, 1.54) is 24.2 Å². The smallest absolute Gasteiger partial charge is 0.420 e. The van der Waals surface area contributed by atoms with Crippen LogP contribution in [-0.2, 0) is 16.1 Å². The summed E-state index contributed by atoms with van der Waals surface area (Å²) in [7, 11) is 3.08. The highest BCUT2D eigenvalue weighted by Crippen LogP contribution is 2.22. The van der Waals surface area contributed by atoms with Crippen molar-refractivity contribution in [3.8, 4) is 0 Å². The maximum absolute atomic E-state index is 12.6. The number of benzene rings is 1. The van der Waals surface area contributed by atoms with E-state index < -0.39 is 11.7 Å². The molecule has 1 aromatic carbocycles. The van der Waals surface area contributed by atoms with E-state index >= 15 is 0 Å². The van der Waals surface area contributed by atoms with Gasteiger partial charge in [0.2, 0.25) is 5.91 Å². The molecule has 1 heterocycles. The second kappa shape index (κ2) is 7.13. The number of hydrogen-bond donors (Lipinski definition) is 0. The van der Waals surface area contributed by atoms with E-state index in [-0.39, 0.29) is 24.1 Å². The normalized spacial score (nSPS) is 15.3. The van der Waals surface area contributed by atoms with Crippen LogP contribution in [0.5, 0.6) is 0 Å². The average molecular weight is 346 g/mol. The fraction of sp³-hybridized carbons (Fsp3) is 0.500. The Hall–Kier alpha value is -2.57. The minimum Gasteiger partial charge on any atom is -0.465 e. The number of esters is 1. The lowest BCUT2D eigenvalue weighted by molar-refractivity contribution is -0.133. The van der Waals surface area contributed by atoms with Crippen molar-refractivity contribution in [1.82, 2.24) is 9.47 Å². The molecule has 0 unspecified atom stereocenters. The van der Waals surface area contributed by atoms with Gasteiger partial charge in [-0.05, 0) is 31.0 Å². The van der Waals surface area contributed by atoms with Crippen LogP contribution in [0.3, 0.4) is 0 Å². The lowest BCUT2D eigenvalue weighted by Gasteiger charge is -2.31. The van der Waals surface area contributed by atoms with Crippen molar-refractivity contribution < 1.29 is 18.7 Å². The number of ether oxygens (including phenoxy) is 1. The minimum absolute atomic E-state index is 0.0730. The van der Waals surface area contributed by atoms with Crippen molar-refractivity contribution in [1.29, 1.82) is 0 Å². The van der Waals surface area contributed by atoms with Crippen LogP contribution in [0, 0.1) is 0 Å². The second-order valence-corrected chi connectivity index (χ2v) is 6.42. The molecule has 3 rings (SSSR count). The lowest BCUT2D eigenvalue weighted by atomic mass is 9.94. The largest absolute Gasteiger partial charge is 0.465 e. The van der Waals surface area contributed by atoms with Crippen molar-refractivity contribution >= 4 is 23.0 Å². The Bertz CT molecular complexity index is 845. The summed E-state index contributed by atoms with van der Waals surface area (Å²) in [6.45, 7) is -0.0730. The van der Waals surface area contributed by atoms with Gasteiger partial charge in [0.25, 0.3) is 0 Å². The highest BCUT2D eigenvalue weighted by Gasteiger charge is 2.23. The summed E-state index contributed by atoms with van der Waals surface area (Å²) in [5.41, 5.74) is 1.05. The van der Waals surface area contributed by atoms with Crippen LogP contribution in [0.4, 0.5) is 0 Å². The molecule has 0 spiro atoms. The van der Waals surface area contributed by atoms with E-state index in [2.05, 4.69) is 4.74 Å². The van der Waals surface area contributed by atoms with Crippen molar-refractivity contribution in [2.45, 2.75) is 44.7 Å². The minimum atomic E-state index is -0.609. The number of aromatic nitrogens is 1. The average Bonchev–Trinajstić information content (AvgIpc) is 2.95. The summed E-state index contributed by atoms with van der Waals surface area (Å²) >= 11 is 0. The maximum atomic E-state index is 12.6. The van der Waals surface area contributed by atoms with Gasteiger partial charge >= 0.3 is 11.7 Å². The first-order valence-electron chi connectivity index (χ1n) is 8.48. The Balaban J connectivity index is 1.83. The third-order valence-corrected chi connectivity index (χ3v) is 4.90. The van der Waals surface area contributed by atoms with Gasteiger partial charge in [-0.15, -0.1) is 0 Å². The van der Waals surface area contributed by atoms with Crippen molar-refractivity contribution in [2.24, 2.45) is 0 Å². The molecule has 7 nitrogen and oxygen atoms in total. The molecule has 2 aromatic rings. The van der Waals surface area contributed by atoms with Crippen LogP contribution in [0.2, 0.25) is 0 Å². The predicted molar refractivity (Wildman–Crippen MR) is 91.5 cm³/mol. The van der Waals surface area contributed by atoms with Gasteiger partial charge in [0, 0.05) is 13.1 Å². The van der Waals surface area contributed by atoms with Gasteiger partial charge in [0.15, 0.2) is 5.58 Å². The summed E-state index contributed by atoms with van der Waals surface area (Å²) in [5.74, 6) is -1.23. The van der Waals surface area contributed by atoms with E-state index in [0.29, 0.717) is 11.1 Å². The molecule has 1 fully saturated rings. The number of hydrogen-bond acceptors (Lipinski definition) is 5. The fourth-order valence-electron chi connectivity index (χ4n) is 3.38. The van der Waals surface area contributed by atoms with E-state index in [9.17, 15) is 14.4 Å². The van der Waals surface area contributed by atoms with Crippen molar-refractivity contribution in [3.05, 3.63) is 34.3 Å². The third-order valence-electron chi connectivity index (χ3n) is 4.90. The molecule has 0 atom stereocenters. The van der Waals surface area contributed by atoms with Gasteiger partial charge in [-0.2, -0.15) is 0 Å². The molecule has 1 aliphatic carbocycles. The first kappa shape index (κ1) is 17.3.